The van der Waals surface area contributed by atoms with Gasteiger partial charge in [-0.3, -0.25) is 4.79 Å². The van der Waals surface area contributed by atoms with Crippen molar-refractivity contribution in [2.24, 2.45) is 0 Å². The summed E-state index contributed by atoms with van der Waals surface area (Å²) in [6.07, 6.45) is -4.50. The van der Waals surface area contributed by atoms with Crippen LogP contribution in [0.1, 0.15) is 26.3 Å². The standard InChI is InChI=1S/C17H10F3NO5S/c1-21(14(22)8-2-4-9(5-3-8)17(18,19)20)13-7-11-12(27-13)6-10(15(23)24)16(25)26-11/h2-7H,1H3,(H,23,24). The van der Waals surface area contributed by atoms with Crippen LogP contribution < -0.4 is 10.5 Å². The zero-order chi connectivity index (χ0) is 19.9. The average Bonchev–Trinajstić information content (AvgIpc) is 3.01. The minimum atomic E-state index is -4.50. The number of benzene rings is 1. The van der Waals surface area contributed by atoms with Crippen LogP contribution in [0.3, 0.4) is 0 Å². The maximum atomic E-state index is 12.6. The highest BCUT2D eigenvalue weighted by molar-refractivity contribution is 7.22. The highest BCUT2D eigenvalue weighted by Gasteiger charge is 2.30. The fraction of sp³-hybridized carbons (Fsp3) is 0.118. The van der Waals surface area contributed by atoms with Crippen LogP contribution in [0.5, 0.6) is 0 Å². The van der Waals surface area contributed by atoms with Gasteiger partial charge in [-0.25, -0.2) is 9.59 Å². The van der Waals surface area contributed by atoms with Crippen LogP contribution in [-0.4, -0.2) is 24.0 Å². The smallest absolute Gasteiger partial charge is 0.416 e. The third-order valence-corrected chi connectivity index (χ3v) is 4.87. The first kappa shape index (κ1) is 18.6. The molecule has 0 aliphatic carbocycles. The summed E-state index contributed by atoms with van der Waals surface area (Å²) in [5.41, 5.74) is -2.28. The monoisotopic (exact) mass is 397 g/mol. The lowest BCUT2D eigenvalue weighted by Gasteiger charge is -2.15. The zero-order valence-electron chi connectivity index (χ0n) is 13.5. The number of amides is 1. The summed E-state index contributed by atoms with van der Waals surface area (Å²) in [6, 6.07) is 6.28. The molecular formula is C17H10F3NO5S. The predicted molar refractivity (Wildman–Crippen MR) is 91.5 cm³/mol. The molecule has 1 amide bonds. The molecule has 1 aromatic carbocycles. The van der Waals surface area contributed by atoms with E-state index < -0.39 is 34.8 Å². The Balaban J connectivity index is 1.93. The molecule has 1 N–H and O–H groups in total. The summed E-state index contributed by atoms with van der Waals surface area (Å²) >= 11 is 1.01. The molecule has 27 heavy (non-hydrogen) atoms. The maximum Gasteiger partial charge on any atom is 0.416 e. The Hall–Kier alpha value is -3.14. The van der Waals surface area contributed by atoms with E-state index in [0.29, 0.717) is 9.70 Å². The van der Waals surface area contributed by atoms with E-state index in [4.69, 9.17) is 9.52 Å². The molecule has 0 radical (unpaired) electrons. The number of carbonyl (C=O) groups excluding carboxylic acids is 1. The van der Waals surface area contributed by atoms with Gasteiger partial charge >= 0.3 is 17.8 Å². The number of rotatable bonds is 3. The molecule has 3 aromatic rings. The van der Waals surface area contributed by atoms with Crippen LogP contribution in [-0.2, 0) is 6.18 Å². The summed E-state index contributed by atoms with van der Waals surface area (Å²) in [6.45, 7) is 0. The molecule has 140 valence electrons. The number of anilines is 1. The van der Waals surface area contributed by atoms with Gasteiger partial charge in [0.25, 0.3) is 5.91 Å². The number of carboxylic acid groups (broad SMARTS) is 1. The van der Waals surface area contributed by atoms with Gasteiger partial charge in [0, 0.05) is 18.7 Å². The van der Waals surface area contributed by atoms with Crippen LogP contribution in [0.15, 0.2) is 45.6 Å². The van der Waals surface area contributed by atoms with E-state index in [2.05, 4.69) is 0 Å². The Bertz CT molecular complexity index is 1100. The van der Waals surface area contributed by atoms with Gasteiger partial charge in [0.15, 0.2) is 5.58 Å². The molecular weight excluding hydrogens is 387 g/mol. The van der Waals surface area contributed by atoms with Crippen LogP contribution in [0.2, 0.25) is 0 Å². The number of aromatic carboxylic acids is 1. The molecule has 0 saturated heterocycles. The second-order valence-electron chi connectivity index (χ2n) is 5.51. The van der Waals surface area contributed by atoms with Gasteiger partial charge < -0.3 is 14.4 Å². The second-order valence-corrected chi connectivity index (χ2v) is 6.57. The summed E-state index contributed by atoms with van der Waals surface area (Å²) in [5.74, 6) is -2.01. The average molecular weight is 397 g/mol. The van der Waals surface area contributed by atoms with Crippen molar-refractivity contribution < 1.29 is 32.3 Å². The Morgan fingerprint density at radius 3 is 2.33 bits per heavy atom. The number of hydrogen-bond donors (Lipinski definition) is 1. The molecule has 6 nitrogen and oxygen atoms in total. The van der Waals surface area contributed by atoms with Crippen molar-refractivity contribution in [1.82, 2.24) is 0 Å². The first-order valence-electron chi connectivity index (χ1n) is 7.34. The van der Waals surface area contributed by atoms with E-state index in [0.717, 1.165) is 41.7 Å². The van der Waals surface area contributed by atoms with Crippen molar-refractivity contribution in [3.8, 4) is 0 Å². The first-order chi connectivity index (χ1) is 12.6. The zero-order valence-corrected chi connectivity index (χ0v) is 14.4. The molecule has 0 aliphatic heterocycles. The fourth-order valence-electron chi connectivity index (χ4n) is 2.31. The molecule has 0 bridgehead atoms. The van der Waals surface area contributed by atoms with Crippen molar-refractivity contribution in [2.45, 2.75) is 6.18 Å². The third kappa shape index (κ3) is 3.56. The van der Waals surface area contributed by atoms with Gasteiger partial charge in [-0.1, -0.05) is 0 Å². The number of fused-ring (bicyclic) bond motifs is 1. The minimum absolute atomic E-state index is 0.0376. The third-order valence-electron chi connectivity index (χ3n) is 3.73. The normalized spacial score (nSPS) is 11.6. The molecule has 2 heterocycles. The fourth-order valence-corrected chi connectivity index (χ4v) is 3.30. The summed E-state index contributed by atoms with van der Waals surface area (Å²) in [4.78, 5) is 36.3. The van der Waals surface area contributed by atoms with E-state index in [9.17, 15) is 27.6 Å². The molecule has 10 heteroatoms. The van der Waals surface area contributed by atoms with E-state index in [1.54, 1.807) is 0 Å². The highest BCUT2D eigenvalue weighted by atomic mass is 32.1. The largest absolute Gasteiger partial charge is 0.477 e. The van der Waals surface area contributed by atoms with Gasteiger partial charge in [0.2, 0.25) is 0 Å². The minimum Gasteiger partial charge on any atom is -0.477 e. The molecule has 0 unspecified atom stereocenters. The number of carboxylic acids is 1. The van der Waals surface area contributed by atoms with Crippen molar-refractivity contribution >= 4 is 38.5 Å². The van der Waals surface area contributed by atoms with Crippen molar-refractivity contribution in [1.29, 1.82) is 0 Å². The second kappa shape index (κ2) is 6.54. The number of nitrogens with zero attached hydrogens (tertiary/aromatic N) is 1. The summed E-state index contributed by atoms with van der Waals surface area (Å²) < 4.78 is 43.1. The van der Waals surface area contributed by atoms with Crippen LogP contribution in [0.4, 0.5) is 18.2 Å². The van der Waals surface area contributed by atoms with Crippen molar-refractivity contribution in [2.75, 3.05) is 11.9 Å². The quantitative estimate of drug-likeness (QED) is 0.725. The summed E-state index contributed by atoms with van der Waals surface area (Å²) in [7, 11) is 1.40. The van der Waals surface area contributed by atoms with E-state index >= 15 is 0 Å². The predicted octanol–water partition coefficient (Wildman–Crippen LogP) is 3.85. The molecule has 0 saturated carbocycles. The molecule has 0 spiro atoms. The number of halogens is 3. The molecule has 0 atom stereocenters. The first-order valence-corrected chi connectivity index (χ1v) is 8.16. The van der Waals surface area contributed by atoms with Crippen molar-refractivity contribution in [3.05, 3.63) is 63.5 Å². The van der Waals surface area contributed by atoms with E-state index in [-0.39, 0.29) is 11.1 Å². The summed E-state index contributed by atoms with van der Waals surface area (Å²) in [5, 5.41) is 9.29. The van der Waals surface area contributed by atoms with Gasteiger partial charge in [-0.05, 0) is 30.3 Å². The molecule has 0 fully saturated rings. The Labute approximate surface area is 153 Å². The number of hydrogen-bond acceptors (Lipinski definition) is 5. The topological polar surface area (TPSA) is 87.8 Å². The van der Waals surface area contributed by atoms with Crippen LogP contribution in [0.25, 0.3) is 10.3 Å². The van der Waals surface area contributed by atoms with Gasteiger partial charge in [0.1, 0.15) is 10.6 Å². The lowest BCUT2D eigenvalue weighted by atomic mass is 10.1. The van der Waals surface area contributed by atoms with Crippen molar-refractivity contribution in [3.63, 3.8) is 0 Å². The Morgan fingerprint density at radius 1 is 1.15 bits per heavy atom. The number of thiophene rings is 1. The maximum absolute atomic E-state index is 12.6. The SMILES string of the molecule is CN(C(=O)c1ccc(C(F)(F)F)cc1)c1cc2oc(=O)c(C(=O)O)cc2s1. The van der Waals surface area contributed by atoms with Gasteiger partial charge in [-0.2, -0.15) is 13.2 Å². The lowest BCUT2D eigenvalue weighted by Crippen LogP contribution is -2.25. The molecule has 2 aromatic heterocycles. The lowest BCUT2D eigenvalue weighted by molar-refractivity contribution is -0.137. The van der Waals surface area contributed by atoms with Crippen LogP contribution in [0, 0.1) is 0 Å². The van der Waals surface area contributed by atoms with Crippen LogP contribution >= 0.6 is 11.3 Å². The van der Waals surface area contributed by atoms with E-state index in [1.165, 1.54) is 18.0 Å². The van der Waals surface area contributed by atoms with E-state index in [1.807, 2.05) is 0 Å². The molecule has 0 aliphatic rings. The number of carbonyl (C=O) groups is 2. The van der Waals surface area contributed by atoms with Gasteiger partial charge in [0.05, 0.1) is 10.3 Å². The molecule has 3 rings (SSSR count). The Kier molecular flexibility index (Phi) is 4.52. The van der Waals surface area contributed by atoms with Gasteiger partial charge in [-0.15, -0.1) is 11.3 Å². The Morgan fingerprint density at radius 2 is 1.78 bits per heavy atom. The highest BCUT2D eigenvalue weighted by Crippen LogP contribution is 2.33. The number of alkyl halides is 3.